The second-order valence-electron chi connectivity index (χ2n) is 6.75. The zero-order valence-electron chi connectivity index (χ0n) is 18.6. The van der Waals surface area contributed by atoms with Crippen molar-refractivity contribution in [2.45, 2.75) is 38.1 Å². The van der Waals surface area contributed by atoms with Crippen molar-refractivity contribution >= 4 is 18.3 Å². The zero-order valence-corrected chi connectivity index (χ0v) is 21.4. The normalized spacial score (nSPS) is 15.7. The van der Waals surface area contributed by atoms with Gasteiger partial charge in [-0.1, -0.05) is 31.7 Å². The molecule has 1 saturated carbocycles. The molecule has 4 rings (SSSR count). The first kappa shape index (κ1) is 29.1. The first-order chi connectivity index (χ1) is 14.1. The number of imidazole rings is 1. The first-order valence-electron chi connectivity index (χ1n) is 9.40. The number of nitrogens with one attached hydrogen (secondary N) is 1. The maximum Gasteiger partial charge on any atom is 0.116 e. The van der Waals surface area contributed by atoms with Gasteiger partial charge in [0.15, 0.2) is 0 Å². The summed E-state index contributed by atoms with van der Waals surface area (Å²) >= 11 is 0. The van der Waals surface area contributed by atoms with Crippen molar-refractivity contribution < 1.29 is 37.2 Å². The number of hydrogen-bond donors (Lipinski definition) is 2. The molecular formula is C22H32FN7Y-2. The van der Waals surface area contributed by atoms with E-state index >= 15 is 0 Å². The van der Waals surface area contributed by atoms with E-state index in [0.29, 0.717) is 23.1 Å². The molecule has 0 amide bonds. The van der Waals surface area contributed by atoms with Crippen molar-refractivity contribution in [1.82, 2.24) is 14.6 Å². The molecule has 1 radical (unpaired) electrons. The summed E-state index contributed by atoms with van der Waals surface area (Å²) < 4.78 is 10.4. The molecule has 1 aliphatic carbocycles. The summed E-state index contributed by atoms with van der Waals surface area (Å²) in [5.74, 6) is 12.1. The van der Waals surface area contributed by atoms with E-state index in [1.807, 2.05) is 37.5 Å². The van der Waals surface area contributed by atoms with E-state index in [2.05, 4.69) is 45.8 Å². The van der Waals surface area contributed by atoms with Crippen LogP contribution in [0.2, 0.25) is 0 Å². The molecule has 2 aliphatic rings. The number of nitrogens with two attached hydrogens (primary N) is 2. The number of nitrogens with zero attached hydrogens (tertiary/aromatic N) is 4. The van der Waals surface area contributed by atoms with Crippen LogP contribution in [0.4, 0.5) is 10.2 Å². The molecule has 3 heterocycles. The Kier molecular flexibility index (Phi) is 12.1. The second-order valence-corrected chi connectivity index (χ2v) is 6.75. The first-order valence-corrected chi connectivity index (χ1v) is 9.40. The van der Waals surface area contributed by atoms with Crippen LogP contribution in [0.1, 0.15) is 37.6 Å². The van der Waals surface area contributed by atoms with Crippen LogP contribution in [0.5, 0.6) is 0 Å². The van der Waals surface area contributed by atoms with Crippen LogP contribution in [0.25, 0.3) is 18.5 Å². The number of pyridine rings is 1. The maximum absolute atomic E-state index is 9.00. The summed E-state index contributed by atoms with van der Waals surface area (Å²) in [6, 6.07) is 2.12. The van der Waals surface area contributed by atoms with Gasteiger partial charge in [0.25, 0.3) is 0 Å². The summed E-state index contributed by atoms with van der Waals surface area (Å²) in [6.45, 7) is 10.8. The predicted octanol–water partition coefficient (Wildman–Crippen LogP) is 2.67. The fourth-order valence-electron chi connectivity index (χ4n) is 3.97. The Morgan fingerprint density at radius 1 is 1.29 bits per heavy atom. The van der Waals surface area contributed by atoms with E-state index in [1.165, 1.54) is 23.7 Å². The molecule has 0 atom stereocenters. The summed E-state index contributed by atoms with van der Waals surface area (Å²) in [5, 5.41) is 1.33. The van der Waals surface area contributed by atoms with Gasteiger partial charge in [-0.05, 0) is 44.5 Å². The molecule has 0 bridgehead atoms. The Balaban J connectivity index is 0.00000142. The van der Waals surface area contributed by atoms with Gasteiger partial charge in [0.1, 0.15) is 5.82 Å². The van der Waals surface area contributed by atoms with Gasteiger partial charge < -0.3 is 28.6 Å². The van der Waals surface area contributed by atoms with Gasteiger partial charge in [-0.2, -0.15) is 5.96 Å². The number of allylic oxidation sites excluding steroid dienone is 3. The number of aromatic nitrogens is 3. The Bertz CT molecular complexity index is 996. The SMILES string of the molecule is C=C1N(Cc2nc(=C)/c(=C\C=C/C)n2[NH-])c2cnccc2C12CCC2.CN.NF.[CH3-].[Y]. The molecule has 1 fully saturated rings. The van der Waals surface area contributed by atoms with Gasteiger partial charge >= 0.3 is 0 Å². The quantitative estimate of drug-likeness (QED) is 0.496. The summed E-state index contributed by atoms with van der Waals surface area (Å²) in [4.78, 5) is 11.0. The molecule has 0 unspecified atom stereocenters. The topological polar surface area (TPSA) is 110 Å². The smallest absolute Gasteiger partial charge is 0.116 e. The third-order valence-electron chi connectivity index (χ3n) is 5.50. The minimum Gasteiger partial charge on any atom is -0.630 e. The average Bonchev–Trinajstić information content (AvgIpc) is 3.14. The number of fused-ring (bicyclic) bond motifs is 2. The Hall–Kier alpha value is -1.87. The van der Waals surface area contributed by atoms with Crippen LogP contribution in [-0.4, -0.2) is 21.7 Å². The Labute approximate surface area is 209 Å². The molecule has 7 nitrogen and oxygen atoms in total. The van der Waals surface area contributed by atoms with Crippen molar-refractivity contribution in [2.24, 2.45) is 11.7 Å². The molecule has 2 aromatic rings. The molecule has 1 aliphatic heterocycles. The van der Waals surface area contributed by atoms with E-state index in [1.54, 1.807) is 0 Å². The summed E-state index contributed by atoms with van der Waals surface area (Å²) in [7, 11) is 1.50. The zero-order chi connectivity index (χ0) is 21.6. The molecule has 1 spiro atoms. The third-order valence-corrected chi connectivity index (χ3v) is 5.50. The summed E-state index contributed by atoms with van der Waals surface area (Å²) in [6.07, 6.45) is 13.0. The van der Waals surface area contributed by atoms with Crippen molar-refractivity contribution in [3.8, 4) is 0 Å². The monoisotopic (exact) mass is 502 g/mol. The molecular weight excluding hydrogens is 470 g/mol. The minimum absolute atomic E-state index is 0. The van der Waals surface area contributed by atoms with Gasteiger partial charge in [-0.3, -0.25) is 4.98 Å². The van der Waals surface area contributed by atoms with Crippen LogP contribution >= 0.6 is 0 Å². The summed E-state index contributed by atoms with van der Waals surface area (Å²) in [5.41, 5.74) is 8.08. The second kappa shape index (κ2) is 12.9. The minimum atomic E-state index is 0. The molecule has 31 heavy (non-hydrogen) atoms. The van der Waals surface area contributed by atoms with Gasteiger partial charge in [-0.25, -0.2) is 4.98 Å². The molecule has 9 heteroatoms. The van der Waals surface area contributed by atoms with Crippen LogP contribution in [-0.2, 0) is 44.7 Å². The molecule has 167 valence electrons. The molecule has 0 saturated heterocycles. The van der Waals surface area contributed by atoms with Crippen LogP contribution < -0.4 is 27.3 Å². The molecule has 5 N–H and O–H groups in total. The van der Waals surface area contributed by atoms with E-state index in [0.717, 1.165) is 24.2 Å². The average molecular weight is 502 g/mol. The van der Waals surface area contributed by atoms with Crippen molar-refractivity contribution in [3.05, 3.63) is 78.2 Å². The third kappa shape index (κ3) is 5.14. The van der Waals surface area contributed by atoms with E-state index < -0.39 is 0 Å². The standard InChI is InChI=1S/C20H22N5.CH5N.CH3.FH2N.Y/c1-4-5-7-17-14(2)23-19(25(17)21)13-24-15(3)20(9-6-10-20)16-8-11-22-12-18(16)24;1-2;;1-2;/h4-5,7-8,11-12,21H,2-3,6,9-10,13H2,1H3;2H2,1H3;1H3;2H2;/q-1;;-1;;/b5-4-,17-7+;;;;. The van der Waals surface area contributed by atoms with Gasteiger partial charge in [0.2, 0.25) is 0 Å². The van der Waals surface area contributed by atoms with Crippen molar-refractivity contribution in [1.29, 1.82) is 0 Å². The number of halogens is 1. The predicted molar refractivity (Wildman–Crippen MR) is 123 cm³/mol. The number of hydrogen-bond acceptors (Lipinski definition) is 5. The fraction of sp³-hybridized carbons (Fsp3) is 0.318. The van der Waals surface area contributed by atoms with Crippen LogP contribution in [0.15, 0.2) is 42.9 Å². The van der Waals surface area contributed by atoms with Crippen molar-refractivity contribution in [2.75, 3.05) is 11.9 Å². The van der Waals surface area contributed by atoms with E-state index in [4.69, 9.17) is 10.3 Å². The number of anilines is 1. The molecule has 0 aromatic carbocycles. The van der Waals surface area contributed by atoms with Crippen LogP contribution in [0.3, 0.4) is 0 Å². The fourth-order valence-corrected chi connectivity index (χ4v) is 3.97. The van der Waals surface area contributed by atoms with Gasteiger partial charge in [-0.15, -0.1) is 4.48 Å². The number of rotatable bonds is 3. The maximum atomic E-state index is 9.00. The Morgan fingerprint density at radius 2 is 1.94 bits per heavy atom. The van der Waals surface area contributed by atoms with Crippen molar-refractivity contribution in [3.63, 3.8) is 0 Å². The van der Waals surface area contributed by atoms with Gasteiger partial charge in [0, 0.05) is 50.0 Å². The van der Waals surface area contributed by atoms with E-state index in [9.17, 15) is 0 Å². The molecule has 2 aromatic heterocycles. The Morgan fingerprint density at radius 3 is 2.48 bits per heavy atom. The largest absolute Gasteiger partial charge is 0.630 e. The van der Waals surface area contributed by atoms with Gasteiger partial charge in [0.05, 0.1) is 29.1 Å². The van der Waals surface area contributed by atoms with Crippen LogP contribution in [0, 0.1) is 7.43 Å². The van der Waals surface area contributed by atoms with E-state index in [-0.39, 0.29) is 45.6 Å².